The van der Waals surface area contributed by atoms with Crippen LogP contribution in [0, 0.1) is 0 Å². The second-order valence-corrected chi connectivity index (χ2v) is 31.3. The van der Waals surface area contributed by atoms with E-state index in [0.29, 0.717) is 78.7 Å². The van der Waals surface area contributed by atoms with Gasteiger partial charge in [0, 0.05) is 112 Å². The van der Waals surface area contributed by atoms with Gasteiger partial charge in [0.25, 0.3) is 0 Å². The predicted octanol–water partition coefficient (Wildman–Crippen LogP) is 14.8. The number of nitrogens with zero attached hydrogens (tertiary/aromatic N) is 18. The number of ether oxygens (including phenoxy) is 3. The molecule has 3 aliphatic carbocycles. The van der Waals surface area contributed by atoms with Gasteiger partial charge in [-0.2, -0.15) is 15.3 Å². The fraction of sp³-hybridized carbons (Fsp3) is 0.348. The van der Waals surface area contributed by atoms with Crippen LogP contribution in [0.25, 0.3) is 66.9 Å². The highest BCUT2D eigenvalue weighted by Crippen LogP contribution is 2.40. The molecule has 18 rings (SSSR count). The highest BCUT2D eigenvalue weighted by molar-refractivity contribution is 6.00. The van der Waals surface area contributed by atoms with E-state index in [9.17, 15) is 14.4 Å². The summed E-state index contributed by atoms with van der Waals surface area (Å²) in [5, 5.41) is 17.1. The number of anilines is 3. The van der Waals surface area contributed by atoms with Crippen LogP contribution in [0.2, 0.25) is 0 Å². The van der Waals surface area contributed by atoms with Gasteiger partial charge in [0.2, 0.25) is 17.7 Å². The van der Waals surface area contributed by atoms with Crippen LogP contribution in [0.5, 0.6) is 34.5 Å². The van der Waals surface area contributed by atoms with Crippen molar-refractivity contribution in [3.05, 3.63) is 219 Å². The normalized spacial score (nSPS) is 17.7. The van der Waals surface area contributed by atoms with Crippen LogP contribution >= 0.6 is 0 Å². The highest BCUT2D eigenvalue weighted by atomic mass is 16.5. The summed E-state index contributed by atoms with van der Waals surface area (Å²) in [7, 11) is 2.13. The van der Waals surface area contributed by atoms with Crippen molar-refractivity contribution in [1.29, 1.82) is 0 Å². The number of likely N-dealkylation sites (tertiary alicyclic amines) is 3. The fourth-order valence-electron chi connectivity index (χ4n) is 16.3. The van der Waals surface area contributed by atoms with Crippen molar-refractivity contribution in [1.82, 2.24) is 88.6 Å². The Bertz CT molecular complexity index is 5560. The Hall–Kier alpha value is -12.7. The minimum Gasteiger partial charge on any atom is -0.457 e. The number of nitrogen functional groups attached to an aromatic ring is 3. The van der Waals surface area contributed by atoms with Crippen molar-refractivity contribution in [2.75, 3.05) is 96.2 Å². The van der Waals surface area contributed by atoms with E-state index in [1.54, 1.807) is 18.2 Å². The Morgan fingerprint density at radius 2 is 0.697 bits per heavy atom. The molecule has 6 aromatic carbocycles. The van der Waals surface area contributed by atoms with E-state index >= 15 is 0 Å². The van der Waals surface area contributed by atoms with Gasteiger partial charge in [0.05, 0.1) is 34.3 Å². The Morgan fingerprint density at radius 1 is 0.378 bits per heavy atom. The summed E-state index contributed by atoms with van der Waals surface area (Å²) in [5.74, 6) is 5.83. The molecule has 3 saturated heterocycles. The average Bonchev–Trinajstić information content (AvgIpc) is 1.64. The topological polar surface area (TPSA) is 307 Å². The lowest BCUT2D eigenvalue weighted by molar-refractivity contribution is -0.128. The van der Waals surface area contributed by atoms with Gasteiger partial charge in [-0.25, -0.2) is 43.9 Å². The molecule has 612 valence electrons. The number of nitrogens with two attached hydrogens (primary N) is 3. The van der Waals surface area contributed by atoms with Crippen molar-refractivity contribution in [2.24, 2.45) is 0 Å². The summed E-state index contributed by atoms with van der Waals surface area (Å²) in [6, 6.07) is 54.4. The standard InChI is InChI=1S/2C31H35N7O2.C30H33N7O2/c1-36(23-8-5-9-23)18-7-13-27(39)37-19-6-10-24(20-37)38-31-28(30(32)33-21-34-31)29(35-38)22-14-16-26(17-15-22)40-25-11-3-2-4-12-25;1-2-36(23-14-15-23)18-7-11-27(39)37-19-6-8-24(20-37)38-31-28(30(32)33-21-34-31)29(35-38)22-12-16-26(17-13-22)40-25-9-4-3-5-10-25;1-2-35(22-12-13-22)17-6-9-26(38)36-18-16-23(19-36)37-30-27(29(31)32-20-33-30)28(34-37)21-10-14-25(15-11-21)39-24-7-4-3-5-8-24/h2-4,7,11-17,21,23-24H,5-6,8-10,18-20H2,1H3,(H2,32,33,34);3-5,7,9-13,16-17,21,23-24H,2,6,8,14-15,18-20H2,1H3,(H2,32,33,34);3-11,14-15,20,22-23H,2,12-13,16-19H2,1H3,(H2,31,32,33)/b13-7+;11-7+;9-6+/t2*24-;23-/m111/s1. The largest absolute Gasteiger partial charge is 0.457 e. The molecule has 6 aliphatic rings. The Morgan fingerprint density at radius 3 is 1.02 bits per heavy atom. The number of carbonyl (C=O) groups is 3. The van der Waals surface area contributed by atoms with Crippen LogP contribution in [0.4, 0.5) is 17.5 Å². The molecule has 0 spiro atoms. The van der Waals surface area contributed by atoms with E-state index < -0.39 is 0 Å². The van der Waals surface area contributed by atoms with E-state index in [-0.39, 0.29) is 35.8 Å². The van der Waals surface area contributed by atoms with Gasteiger partial charge < -0.3 is 46.1 Å². The molecule has 3 saturated carbocycles. The second kappa shape index (κ2) is 37.3. The maximum Gasteiger partial charge on any atom is 0.246 e. The molecule has 119 heavy (non-hydrogen) atoms. The molecule has 3 amide bonds. The quantitative estimate of drug-likeness (QED) is 0.0424. The lowest BCUT2D eigenvalue weighted by Crippen LogP contribution is -2.40. The van der Waals surface area contributed by atoms with Crippen LogP contribution in [0.1, 0.15) is 109 Å². The van der Waals surface area contributed by atoms with Crippen molar-refractivity contribution in [3.8, 4) is 68.3 Å². The molecular formula is C92H103N21O6. The molecule has 6 fully saturated rings. The van der Waals surface area contributed by atoms with Gasteiger partial charge in [-0.1, -0.05) is 93.1 Å². The number of aromatic nitrogens is 12. The zero-order chi connectivity index (χ0) is 81.7. The molecule has 27 heteroatoms. The Kier molecular flexibility index (Phi) is 25.1. The molecule has 6 N–H and O–H groups in total. The molecular weight excluding hydrogens is 1500 g/mol. The van der Waals surface area contributed by atoms with Crippen LogP contribution in [-0.4, -0.2) is 204 Å². The molecule has 0 unspecified atom stereocenters. The van der Waals surface area contributed by atoms with Gasteiger partial charge in [-0.15, -0.1) is 0 Å². The van der Waals surface area contributed by atoms with Crippen molar-refractivity contribution in [2.45, 2.75) is 127 Å². The number of hydrogen-bond donors (Lipinski definition) is 3. The molecule has 3 aliphatic heterocycles. The number of likely N-dealkylation sites (N-methyl/N-ethyl adjacent to an activating group) is 3. The number of piperidine rings is 2. The summed E-state index contributed by atoms with van der Waals surface area (Å²) in [4.78, 5) is 78.3. The van der Waals surface area contributed by atoms with Gasteiger partial charge in [0.1, 0.15) is 88.0 Å². The highest BCUT2D eigenvalue weighted by Gasteiger charge is 2.35. The van der Waals surface area contributed by atoms with E-state index in [1.807, 2.05) is 211 Å². The van der Waals surface area contributed by atoms with E-state index in [4.69, 9.17) is 46.7 Å². The molecule has 3 atom stereocenters. The third-order valence-corrected chi connectivity index (χ3v) is 23.3. The zero-order valence-electron chi connectivity index (χ0n) is 67.7. The van der Waals surface area contributed by atoms with Crippen LogP contribution in [0.15, 0.2) is 219 Å². The maximum atomic E-state index is 13.1. The van der Waals surface area contributed by atoms with E-state index in [0.717, 1.165) is 162 Å². The molecule has 0 radical (unpaired) electrons. The summed E-state index contributed by atoms with van der Waals surface area (Å²) < 4.78 is 23.6. The Labute approximate surface area is 692 Å². The number of para-hydroxylation sites is 3. The lowest BCUT2D eigenvalue weighted by Gasteiger charge is -2.34. The molecule has 0 bridgehead atoms. The van der Waals surface area contributed by atoms with Gasteiger partial charge >= 0.3 is 0 Å². The molecule has 12 aromatic rings. The third kappa shape index (κ3) is 19.1. The summed E-state index contributed by atoms with van der Waals surface area (Å²) in [6.45, 7) is 12.7. The van der Waals surface area contributed by atoms with E-state index in [1.165, 1.54) is 63.9 Å². The summed E-state index contributed by atoms with van der Waals surface area (Å²) >= 11 is 0. The second-order valence-electron chi connectivity index (χ2n) is 31.3. The molecule has 9 heterocycles. The number of hydrogen-bond acceptors (Lipinski definition) is 21. The van der Waals surface area contributed by atoms with Crippen molar-refractivity contribution < 1.29 is 28.6 Å². The summed E-state index contributed by atoms with van der Waals surface area (Å²) in [6.07, 6.45) is 28.9. The predicted molar refractivity (Wildman–Crippen MR) is 463 cm³/mol. The first-order chi connectivity index (χ1) is 58.3. The van der Waals surface area contributed by atoms with Gasteiger partial charge in [0.15, 0.2) is 16.9 Å². The van der Waals surface area contributed by atoms with E-state index in [2.05, 4.69) is 65.5 Å². The zero-order valence-corrected chi connectivity index (χ0v) is 67.7. The van der Waals surface area contributed by atoms with Crippen LogP contribution in [0.3, 0.4) is 0 Å². The lowest BCUT2D eigenvalue weighted by atomic mass is 9.92. The van der Waals surface area contributed by atoms with Crippen molar-refractivity contribution in [3.63, 3.8) is 0 Å². The van der Waals surface area contributed by atoms with Crippen LogP contribution < -0.4 is 31.4 Å². The third-order valence-electron chi connectivity index (χ3n) is 23.3. The van der Waals surface area contributed by atoms with Gasteiger partial charge in [-0.05, 0) is 200 Å². The minimum atomic E-state index is -0.00464. The maximum absolute atomic E-state index is 13.1. The number of benzene rings is 6. The fourth-order valence-corrected chi connectivity index (χ4v) is 16.3. The first-order valence-corrected chi connectivity index (χ1v) is 41.8. The van der Waals surface area contributed by atoms with Crippen LogP contribution in [-0.2, 0) is 14.4 Å². The number of rotatable bonds is 26. The molecule has 6 aromatic heterocycles. The number of carbonyl (C=O) groups excluding carboxylic acids is 3. The average molecular weight is 1600 g/mol. The minimum absolute atomic E-state index is 0.00376. The van der Waals surface area contributed by atoms with Gasteiger partial charge in [-0.3, -0.25) is 29.1 Å². The summed E-state index contributed by atoms with van der Waals surface area (Å²) in [5.41, 5.74) is 25.9. The first kappa shape index (κ1) is 80.1. The Balaban J connectivity index is 0.000000133. The monoisotopic (exact) mass is 1600 g/mol. The smallest absolute Gasteiger partial charge is 0.246 e. The number of fused-ring (bicyclic) bond motifs is 3. The number of amides is 3. The first-order valence-electron chi connectivity index (χ1n) is 41.8. The molecule has 27 nitrogen and oxygen atoms in total. The van der Waals surface area contributed by atoms with Crippen molar-refractivity contribution >= 4 is 68.3 Å². The SMILES string of the molecule is CCN(C/C=C/C(=O)N1CCC[C@@H](n2nc(-c3ccc(Oc4ccccc4)cc3)c3c(N)ncnc32)C1)C1CC1.CCN(C/C=C/C(=O)N1CC[C@@H](n2nc(-c3ccc(Oc4ccccc4)cc3)c3c(N)ncnc32)C1)C1CC1.CN(C/C=C/C(=O)N1CCC[C@@H](n2nc(-c3ccc(Oc4ccccc4)cc3)c3c(N)ncnc32)C1)C1CCC1.